The fourth-order valence-corrected chi connectivity index (χ4v) is 4.52. The van der Waals surface area contributed by atoms with Crippen molar-refractivity contribution in [3.63, 3.8) is 0 Å². The standard InChI is InChI=1S/C25H21BrN2O4/c1-30-19-10-7-15(8-11-19)21-14-22-20-13-18(26)9-12-23(20)32-24(28(22)27-21)16-3-5-17(6-4-16)25(29)31-2/h3-13,22,24H,14H2,1-2H3. The minimum Gasteiger partial charge on any atom is -0.497 e. The normalized spacial score (nSPS) is 18.8. The number of nitrogens with zero attached hydrogens (tertiary/aromatic N) is 2. The van der Waals surface area contributed by atoms with E-state index in [9.17, 15) is 4.79 Å². The molecule has 0 saturated heterocycles. The fraction of sp³-hybridized carbons (Fsp3) is 0.200. The van der Waals surface area contributed by atoms with Gasteiger partial charge in [-0.05, 0) is 60.2 Å². The molecule has 0 radical (unpaired) electrons. The average Bonchev–Trinajstić information content (AvgIpc) is 3.29. The summed E-state index contributed by atoms with van der Waals surface area (Å²) in [5, 5.41) is 6.99. The molecule has 0 amide bonds. The molecule has 2 unspecified atom stereocenters. The second kappa shape index (κ2) is 8.31. The van der Waals surface area contributed by atoms with Crippen molar-refractivity contribution >= 4 is 27.6 Å². The molecule has 0 aliphatic carbocycles. The lowest BCUT2D eigenvalue weighted by Crippen LogP contribution is -2.33. The van der Waals surface area contributed by atoms with Crippen LogP contribution in [0.1, 0.15) is 45.7 Å². The summed E-state index contributed by atoms with van der Waals surface area (Å²) < 4.78 is 17.5. The Morgan fingerprint density at radius 2 is 1.81 bits per heavy atom. The van der Waals surface area contributed by atoms with Crippen molar-refractivity contribution in [3.8, 4) is 11.5 Å². The van der Waals surface area contributed by atoms with Crippen LogP contribution in [0.5, 0.6) is 11.5 Å². The maximum absolute atomic E-state index is 11.8. The number of hydrazone groups is 1. The first-order chi connectivity index (χ1) is 15.6. The van der Waals surface area contributed by atoms with Crippen molar-refractivity contribution in [2.45, 2.75) is 18.7 Å². The van der Waals surface area contributed by atoms with Crippen molar-refractivity contribution in [2.24, 2.45) is 5.10 Å². The van der Waals surface area contributed by atoms with Crippen LogP contribution >= 0.6 is 15.9 Å². The number of carbonyl (C=O) groups excluding carboxylic acids is 1. The van der Waals surface area contributed by atoms with E-state index in [0.717, 1.165) is 44.8 Å². The predicted octanol–water partition coefficient (Wildman–Crippen LogP) is 5.49. The number of hydrogen-bond donors (Lipinski definition) is 0. The molecular weight excluding hydrogens is 472 g/mol. The highest BCUT2D eigenvalue weighted by Gasteiger charge is 2.41. The van der Waals surface area contributed by atoms with Crippen molar-refractivity contribution in [1.82, 2.24) is 5.01 Å². The van der Waals surface area contributed by atoms with Gasteiger partial charge in [-0.2, -0.15) is 5.10 Å². The summed E-state index contributed by atoms with van der Waals surface area (Å²) in [6.07, 6.45) is 0.353. The van der Waals surface area contributed by atoms with E-state index in [1.165, 1.54) is 7.11 Å². The third kappa shape index (κ3) is 3.62. The Morgan fingerprint density at radius 1 is 1.06 bits per heavy atom. The zero-order chi connectivity index (χ0) is 22.2. The molecular formula is C25H21BrN2O4. The molecule has 7 heteroatoms. The number of methoxy groups -OCH3 is 2. The van der Waals surface area contributed by atoms with Crippen LogP contribution in [-0.2, 0) is 4.74 Å². The molecule has 0 fully saturated rings. The molecule has 2 aliphatic rings. The number of fused-ring (bicyclic) bond motifs is 3. The number of rotatable bonds is 4. The van der Waals surface area contributed by atoms with Crippen molar-refractivity contribution < 1.29 is 19.0 Å². The van der Waals surface area contributed by atoms with Gasteiger partial charge in [-0.1, -0.05) is 28.1 Å². The van der Waals surface area contributed by atoms with Gasteiger partial charge < -0.3 is 14.2 Å². The maximum atomic E-state index is 11.8. The van der Waals surface area contributed by atoms with Gasteiger partial charge >= 0.3 is 5.97 Å². The summed E-state index contributed by atoms with van der Waals surface area (Å²) >= 11 is 3.58. The third-order valence-corrected chi connectivity index (χ3v) is 6.29. The highest BCUT2D eigenvalue weighted by Crippen LogP contribution is 2.48. The second-order valence-electron chi connectivity index (χ2n) is 7.64. The lowest BCUT2D eigenvalue weighted by molar-refractivity contribution is -0.0191. The number of hydrogen-bond acceptors (Lipinski definition) is 6. The van der Waals surface area contributed by atoms with Gasteiger partial charge in [-0.25, -0.2) is 9.80 Å². The highest BCUT2D eigenvalue weighted by atomic mass is 79.9. The molecule has 0 N–H and O–H groups in total. The molecule has 6 nitrogen and oxygen atoms in total. The fourth-order valence-electron chi connectivity index (χ4n) is 4.14. The van der Waals surface area contributed by atoms with Gasteiger partial charge in [-0.15, -0.1) is 0 Å². The summed E-state index contributed by atoms with van der Waals surface area (Å²) in [6.45, 7) is 0. The third-order valence-electron chi connectivity index (χ3n) is 5.79. The summed E-state index contributed by atoms with van der Waals surface area (Å²) in [6, 6.07) is 21.3. The lowest BCUT2D eigenvalue weighted by atomic mass is 9.96. The monoisotopic (exact) mass is 492 g/mol. The van der Waals surface area contributed by atoms with E-state index < -0.39 is 6.23 Å². The SMILES string of the molecule is COC(=O)c1ccc(C2Oc3ccc(Br)cc3C3CC(c4ccc(OC)cc4)=NN32)cc1. The molecule has 5 rings (SSSR count). The molecule has 2 aliphatic heterocycles. The molecule has 2 heterocycles. The number of benzene rings is 3. The number of carbonyl (C=O) groups is 1. The van der Waals surface area contributed by atoms with E-state index in [1.54, 1.807) is 19.2 Å². The van der Waals surface area contributed by atoms with E-state index in [4.69, 9.17) is 19.3 Å². The summed E-state index contributed by atoms with van der Waals surface area (Å²) in [4.78, 5) is 11.8. The van der Waals surface area contributed by atoms with Crippen LogP contribution in [-0.4, -0.2) is 30.9 Å². The zero-order valence-electron chi connectivity index (χ0n) is 17.6. The van der Waals surface area contributed by atoms with Crippen LogP contribution in [0.2, 0.25) is 0 Å². The van der Waals surface area contributed by atoms with E-state index in [1.807, 2.05) is 53.5 Å². The van der Waals surface area contributed by atoms with Crippen LogP contribution in [0.25, 0.3) is 0 Å². The van der Waals surface area contributed by atoms with Crippen molar-refractivity contribution in [3.05, 3.63) is 93.5 Å². The van der Waals surface area contributed by atoms with Gasteiger partial charge in [0.2, 0.25) is 6.23 Å². The summed E-state index contributed by atoms with van der Waals surface area (Å²) in [5.41, 5.74) is 4.55. The average molecular weight is 493 g/mol. The number of halogens is 1. The van der Waals surface area contributed by atoms with Crippen LogP contribution in [0, 0.1) is 0 Å². The Morgan fingerprint density at radius 3 is 2.50 bits per heavy atom. The molecule has 2 atom stereocenters. The number of esters is 1. The second-order valence-corrected chi connectivity index (χ2v) is 8.56. The van der Waals surface area contributed by atoms with Gasteiger partial charge in [0, 0.05) is 22.0 Å². The molecule has 0 saturated carbocycles. The van der Waals surface area contributed by atoms with Gasteiger partial charge in [0.1, 0.15) is 11.5 Å². The van der Waals surface area contributed by atoms with Crippen molar-refractivity contribution in [1.29, 1.82) is 0 Å². The van der Waals surface area contributed by atoms with E-state index in [0.29, 0.717) is 5.56 Å². The highest BCUT2D eigenvalue weighted by molar-refractivity contribution is 9.10. The Hall–Kier alpha value is -3.32. The molecule has 0 aromatic heterocycles. The first kappa shape index (κ1) is 20.6. The van der Waals surface area contributed by atoms with E-state index in [-0.39, 0.29) is 12.0 Å². The minimum atomic E-state index is -0.406. The Kier molecular flexibility index (Phi) is 5.35. The maximum Gasteiger partial charge on any atom is 0.337 e. The first-order valence-corrected chi connectivity index (χ1v) is 11.0. The van der Waals surface area contributed by atoms with Crippen molar-refractivity contribution in [2.75, 3.05) is 14.2 Å². The zero-order valence-corrected chi connectivity index (χ0v) is 19.2. The summed E-state index contributed by atoms with van der Waals surface area (Å²) in [7, 11) is 3.03. The molecule has 162 valence electrons. The van der Waals surface area contributed by atoms with E-state index >= 15 is 0 Å². The quantitative estimate of drug-likeness (QED) is 0.450. The largest absolute Gasteiger partial charge is 0.497 e. The van der Waals surface area contributed by atoms with Gasteiger partial charge in [0.15, 0.2) is 0 Å². The Labute approximate surface area is 194 Å². The molecule has 3 aromatic rings. The Balaban J connectivity index is 1.54. The van der Waals surface area contributed by atoms with Gasteiger partial charge in [0.05, 0.1) is 31.5 Å². The number of ether oxygens (including phenoxy) is 3. The van der Waals surface area contributed by atoms with Crippen LogP contribution in [0.3, 0.4) is 0 Å². The minimum absolute atomic E-state index is 0.0404. The smallest absolute Gasteiger partial charge is 0.337 e. The van der Waals surface area contributed by atoms with Crippen LogP contribution < -0.4 is 9.47 Å². The predicted molar refractivity (Wildman–Crippen MR) is 124 cm³/mol. The van der Waals surface area contributed by atoms with Gasteiger partial charge in [0.25, 0.3) is 0 Å². The first-order valence-electron chi connectivity index (χ1n) is 10.2. The lowest BCUT2D eigenvalue weighted by Gasteiger charge is -2.38. The molecule has 3 aromatic carbocycles. The van der Waals surface area contributed by atoms with Gasteiger partial charge in [-0.3, -0.25) is 0 Å². The molecule has 32 heavy (non-hydrogen) atoms. The Bertz CT molecular complexity index is 1190. The van der Waals surface area contributed by atoms with E-state index in [2.05, 4.69) is 22.0 Å². The molecule has 0 spiro atoms. The molecule has 0 bridgehead atoms. The van der Waals surface area contributed by atoms with Crippen LogP contribution in [0.4, 0.5) is 0 Å². The topological polar surface area (TPSA) is 60.4 Å². The van der Waals surface area contributed by atoms with Crippen LogP contribution in [0.15, 0.2) is 76.3 Å². The summed E-state index contributed by atoms with van der Waals surface area (Å²) in [5.74, 6) is 1.28.